The van der Waals surface area contributed by atoms with Crippen LogP contribution in [0, 0.1) is 0 Å². The summed E-state index contributed by atoms with van der Waals surface area (Å²) >= 11 is 0. The van der Waals surface area contributed by atoms with E-state index in [9.17, 15) is 31.0 Å². The summed E-state index contributed by atoms with van der Waals surface area (Å²) in [5.74, 6) is 0. The molecule has 1 N–H and O–H groups in total. The van der Waals surface area contributed by atoms with Crippen molar-refractivity contribution in [1.29, 1.82) is 0 Å². The lowest BCUT2D eigenvalue weighted by atomic mass is 10.3. The summed E-state index contributed by atoms with van der Waals surface area (Å²) in [6.07, 6.45) is 0.249. The Kier molecular flexibility index (Phi) is 5.61. The van der Waals surface area contributed by atoms with Crippen LogP contribution in [0.1, 0.15) is 26.7 Å². The molecule has 0 aromatic rings. The largest absolute Gasteiger partial charge is 0.525 e. The highest BCUT2D eigenvalue weighted by Gasteiger charge is 2.50. The Morgan fingerprint density at radius 3 is 2.00 bits per heavy atom. The second-order valence-corrected chi connectivity index (χ2v) is 6.59. The molecule has 11 heteroatoms. The van der Waals surface area contributed by atoms with Gasteiger partial charge in [-0.2, -0.15) is 21.6 Å². The molecule has 0 fully saturated rings. The third kappa shape index (κ3) is 4.55. The number of hydrogen-bond donors (Lipinski definition) is 1. The van der Waals surface area contributed by atoms with Gasteiger partial charge in [-0.1, -0.05) is 18.2 Å². The quantitative estimate of drug-likeness (QED) is 0.350. The topological polar surface area (TPSA) is 89.9 Å². The molecule has 0 saturated heterocycles. The third-order valence-electron chi connectivity index (χ3n) is 1.91. The standard InChI is InChI=1S/C6H12F3O6PS/c1-3-5(4-2)16(10,11)14-15-17(12,13)6(7,8)9/h5H,3-4H2,1-2H3,(H,10,11). The summed E-state index contributed by atoms with van der Waals surface area (Å²) in [6, 6.07) is 0. The van der Waals surface area contributed by atoms with Gasteiger partial charge in [-0.15, -0.1) is 4.67 Å². The Hall–Kier alpha value is -0.150. The van der Waals surface area contributed by atoms with E-state index in [0.717, 1.165) is 0 Å². The molecule has 0 rings (SSSR count). The van der Waals surface area contributed by atoms with Crippen molar-refractivity contribution >= 4 is 17.7 Å². The molecule has 104 valence electrons. The first-order valence-electron chi connectivity index (χ1n) is 4.49. The summed E-state index contributed by atoms with van der Waals surface area (Å²) in [4.78, 5) is 9.18. The molecule has 0 aliphatic rings. The maximum absolute atomic E-state index is 11.8. The van der Waals surface area contributed by atoms with Crippen molar-refractivity contribution in [1.82, 2.24) is 0 Å². The highest BCUT2D eigenvalue weighted by molar-refractivity contribution is 7.87. The normalized spacial score (nSPS) is 17.1. The zero-order valence-electron chi connectivity index (χ0n) is 8.97. The zero-order valence-corrected chi connectivity index (χ0v) is 10.7. The molecule has 0 aliphatic carbocycles. The second-order valence-electron chi connectivity index (χ2n) is 3.08. The van der Waals surface area contributed by atoms with Crippen LogP contribution in [0.25, 0.3) is 0 Å². The fourth-order valence-corrected chi connectivity index (χ4v) is 2.72. The summed E-state index contributed by atoms with van der Waals surface area (Å²) in [5, 5.41) is 0. The fraction of sp³-hybridized carbons (Fsp3) is 1.00. The Morgan fingerprint density at radius 2 is 1.71 bits per heavy atom. The van der Waals surface area contributed by atoms with Crippen LogP contribution in [0.3, 0.4) is 0 Å². The van der Waals surface area contributed by atoms with Crippen molar-refractivity contribution in [3.05, 3.63) is 0 Å². The second kappa shape index (κ2) is 5.66. The van der Waals surface area contributed by atoms with E-state index in [4.69, 9.17) is 0 Å². The van der Waals surface area contributed by atoms with Crippen LogP contribution < -0.4 is 0 Å². The van der Waals surface area contributed by atoms with E-state index in [2.05, 4.69) is 9.01 Å². The van der Waals surface area contributed by atoms with Crippen LogP contribution in [0.15, 0.2) is 0 Å². The smallest absolute Gasteiger partial charge is 0.323 e. The van der Waals surface area contributed by atoms with E-state index >= 15 is 0 Å². The molecule has 1 unspecified atom stereocenters. The summed E-state index contributed by atoms with van der Waals surface area (Å²) in [6.45, 7) is 3.00. The first-order chi connectivity index (χ1) is 7.48. The predicted molar refractivity (Wildman–Crippen MR) is 51.3 cm³/mol. The van der Waals surface area contributed by atoms with Crippen molar-refractivity contribution in [2.45, 2.75) is 37.9 Å². The Balaban J connectivity index is 4.75. The molecule has 0 bridgehead atoms. The number of alkyl halides is 3. The maximum atomic E-state index is 11.8. The maximum Gasteiger partial charge on any atom is 0.525 e. The first kappa shape index (κ1) is 16.9. The lowest BCUT2D eigenvalue weighted by Gasteiger charge is -2.18. The number of halogens is 3. The lowest BCUT2D eigenvalue weighted by Crippen LogP contribution is -2.26. The molecule has 6 nitrogen and oxygen atoms in total. The lowest BCUT2D eigenvalue weighted by molar-refractivity contribution is -0.135. The van der Waals surface area contributed by atoms with Crippen LogP contribution in [0.2, 0.25) is 0 Å². The highest BCUT2D eigenvalue weighted by Crippen LogP contribution is 2.51. The van der Waals surface area contributed by atoms with E-state index in [0.29, 0.717) is 0 Å². The van der Waals surface area contributed by atoms with Crippen LogP contribution in [0.4, 0.5) is 13.2 Å². The third-order valence-corrected chi connectivity index (χ3v) is 4.77. The average molecular weight is 300 g/mol. The van der Waals surface area contributed by atoms with Gasteiger partial charge in [0, 0.05) is 0 Å². The molecule has 17 heavy (non-hydrogen) atoms. The van der Waals surface area contributed by atoms with Crippen molar-refractivity contribution in [2.24, 2.45) is 0 Å². The highest BCUT2D eigenvalue weighted by atomic mass is 32.2. The van der Waals surface area contributed by atoms with Gasteiger partial charge in [-0.05, 0) is 12.8 Å². The molecule has 0 spiro atoms. The molecular weight excluding hydrogens is 288 g/mol. The van der Waals surface area contributed by atoms with Crippen LogP contribution >= 0.6 is 7.60 Å². The van der Waals surface area contributed by atoms with E-state index in [1.54, 1.807) is 0 Å². The van der Waals surface area contributed by atoms with Gasteiger partial charge >= 0.3 is 23.2 Å². The van der Waals surface area contributed by atoms with E-state index in [1.165, 1.54) is 13.8 Å². The first-order valence-corrected chi connectivity index (χ1v) is 7.55. The van der Waals surface area contributed by atoms with Crippen LogP contribution in [-0.4, -0.2) is 24.5 Å². The molecular formula is C6H12F3O6PS. The van der Waals surface area contributed by atoms with Crippen molar-refractivity contribution in [3.63, 3.8) is 0 Å². The molecule has 0 aromatic heterocycles. The van der Waals surface area contributed by atoms with Gasteiger partial charge in [0.15, 0.2) is 0 Å². The fourth-order valence-electron chi connectivity index (χ4n) is 0.933. The summed E-state index contributed by atoms with van der Waals surface area (Å²) < 4.78 is 74.2. The Morgan fingerprint density at radius 1 is 1.29 bits per heavy atom. The molecule has 0 saturated carbocycles. The Bertz CT molecular complexity index is 387. The molecule has 0 heterocycles. The van der Waals surface area contributed by atoms with Gasteiger partial charge in [-0.25, -0.2) is 0 Å². The molecule has 0 aromatic carbocycles. The zero-order chi connectivity index (χ0) is 13.9. The number of rotatable bonds is 6. The van der Waals surface area contributed by atoms with Gasteiger partial charge in [0.05, 0.1) is 5.66 Å². The molecule has 1 atom stereocenters. The minimum Gasteiger partial charge on any atom is -0.323 e. The van der Waals surface area contributed by atoms with Crippen LogP contribution in [0.5, 0.6) is 0 Å². The Labute approximate surface area is 96.3 Å². The molecule has 0 aliphatic heterocycles. The van der Waals surface area contributed by atoms with Crippen molar-refractivity contribution in [2.75, 3.05) is 0 Å². The van der Waals surface area contributed by atoms with Crippen molar-refractivity contribution < 1.29 is 40.1 Å². The minimum absolute atomic E-state index is 0.125. The van der Waals surface area contributed by atoms with Gasteiger partial charge in [0.25, 0.3) is 0 Å². The average Bonchev–Trinajstić information content (AvgIpc) is 2.15. The summed E-state index contributed by atoms with van der Waals surface area (Å²) in [7, 11) is -10.6. The van der Waals surface area contributed by atoms with E-state index in [1.807, 2.05) is 0 Å². The minimum atomic E-state index is -6.04. The van der Waals surface area contributed by atoms with Crippen LogP contribution in [-0.2, 0) is 23.7 Å². The monoisotopic (exact) mass is 300 g/mol. The summed E-state index contributed by atoms with van der Waals surface area (Å²) in [5.41, 5.74) is -6.70. The van der Waals surface area contributed by atoms with Gasteiger partial charge in [0.2, 0.25) is 0 Å². The number of hydrogen-bond acceptors (Lipinski definition) is 5. The van der Waals surface area contributed by atoms with Gasteiger partial charge < -0.3 is 4.89 Å². The molecule has 0 amide bonds. The van der Waals surface area contributed by atoms with Gasteiger partial charge in [-0.3, -0.25) is 4.57 Å². The molecule has 0 radical (unpaired) electrons. The van der Waals surface area contributed by atoms with E-state index in [-0.39, 0.29) is 12.8 Å². The predicted octanol–water partition coefficient (Wildman–Crippen LogP) is 2.16. The van der Waals surface area contributed by atoms with E-state index < -0.39 is 28.9 Å². The van der Waals surface area contributed by atoms with Crippen molar-refractivity contribution in [3.8, 4) is 0 Å². The van der Waals surface area contributed by atoms with Gasteiger partial charge in [0.1, 0.15) is 0 Å². The SMILES string of the molecule is CCC(CC)P(=O)(O)OOS(=O)(=O)C(F)(F)F.